The molecule has 1 fully saturated rings. The molecule has 1 aromatic heterocycles. The third-order valence-corrected chi connectivity index (χ3v) is 6.22. The molecular weight excluding hydrogens is 454 g/mol. The van der Waals surface area contributed by atoms with Crippen molar-refractivity contribution in [3.05, 3.63) is 58.4 Å². The van der Waals surface area contributed by atoms with E-state index in [1.807, 2.05) is 41.3 Å². The Labute approximate surface area is 203 Å². The molecule has 1 aliphatic rings. The molecule has 0 saturated carbocycles. The molecule has 1 saturated heterocycles. The zero-order valence-corrected chi connectivity index (χ0v) is 20.4. The second-order valence-corrected chi connectivity index (χ2v) is 8.48. The summed E-state index contributed by atoms with van der Waals surface area (Å²) in [5, 5.41) is 4.64. The van der Waals surface area contributed by atoms with Gasteiger partial charge in [0.25, 0.3) is 5.56 Å². The lowest BCUT2D eigenvalue weighted by molar-refractivity contribution is 0.0904. The number of pyridine rings is 1. The van der Waals surface area contributed by atoms with Crippen molar-refractivity contribution < 1.29 is 18.9 Å². The lowest BCUT2D eigenvalue weighted by atomic mass is 10.1. The fraction of sp³-hybridized carbons (Fsp3) is 0.360. The average Bonchev–Trinajstić information content (AvgIpc) is 3.37. The van der Waals surface area contributed by atoms with Crippen molar-refractivity contribution in [2.45, 2.75) is 25.5 Å². The number of hydrogen-bond acceptors (Lipinski definition) is 6. The summed E-state index contributed by atoms with van der Waals surface area (Å²) in [6.07, 6.45) is 2.06. The van der Waals surface area contributed by atoms with Crippen molar-refractivity contribution in [1.29, 1.82) is 0 Å². The maximum atomic E-state index is 12.9. The predicted octanol–water partition coefficient (Wildman–Crippen LogP) is 3.93. The molecule has 0 radical (unpaired) electrons. The fourth-order valence-corrected chi connectivity index (χ4v) is 4.29. The number of hydrogen-bond donors (Lipinski definition) is 2. The first-order valence-corrected chi connectivity index (χ1v) is 11.5. The van der Waals surface area contributed by atoms with E-state index in [4.69, 9.17) is 31.2 Å². The molecule has 0 bridgehead atoms. The second kappa shape index (κ2) is 10.8. The smallest absolute Gasteiger partial charge is 0.253 e. The normalized spacial score (nSPS) is 15.2. The minimum absolute atomic E-state index is 0.0690. The van der Waals surface area contributed by atoms with Gasteiger partial charge in [0.15, 0.2) is 16.6 Å². The van der Waals surface area contributed by atoms with Crippen molar-refractivity contribution in [3.8, 4) is 17.2 Å². The molecule has 0 spiro atoms. The summed E-state index contributed by atoms with van der Waals surface area (Å²) in [5.41, 5.74) is 1.93. The van der Waals surface area contributed by atoms with E-state index in [9.17, 15) is 4.79 Å². The number of ether oxygens (including phenoxy) is 4. The molecule has 2 N–H and O–H groups in total. The molecule has 2 aromatic carbocycles. The van der Waals surface area contributed by atoms with Gasteiger partial charge in [-0.25, -0.2) is 0 Å². The number of anilines is 1. The van der Waals surface area contributed by atoms with E-state index in [0.717, 1.165) is 36.3 Å². The number of nitrogens with one attached hydrogen (secondary N) is 2. The maximum absolute atomic E-state index is 12.9. The molecule has 0 unspecified atom stereocenters. The minimum Gasteiger partial charge on any atom is -0.497 e. The first kappa shape index (κ1) is 23.8. The van der Waals surface area contributed by atoms with Crippen LogP contribution in [0, 0.1) is 0 Å². The zero-order valence-electron chi connectivity index (χ0n) is 19.6. The summed E-state index contributed by atoms with van der Waals surface area (Å²) >= 11 is 5.74. The molecule has 180 valence electrons. The number of benzene rings is 2. The maximum Gasteiger partial charge on any atom is 0.253 e. The highest BCUT2D eigenvalue weighted by Gasteiger charge is 2.22. The number of nitrogens with zero attached hydrogens (tertiary/aromatic N) is 1. The van der Waals surface area contributed by atoms with Crippen molar-refractivity contribution >= 4 is 33.9 Å². The Hall–Kier alpha value is -3.30. The Morgan fingerprint density at radius 2 is 1.85 bits per heavy atom. The number of fused-ring (bicyclic) bond motifs is 1. The summed E-state index contributed by atoms with van der Waals surface area (Å²) in [4.78, 5) is 17.9. The average molecular weight is 484 g/mol. The second-order valence-electron chi connectivity index (χ2n) is 8.09. The molecule has 1 atom stereocenters. The number of methoxy groups -OCH3 is 3. The van der Waals surface area contributed by atoms with Crippen LogP contribution in [0.25, 0.3) is 10.9 Å². The van der Waals surface area contributed by atoms with Gasteiger partial charge < -0.3 is 34.1 Å². The molecular formula is C25H29N3O5S. The van der Waals surface area contributed by atoms with Crippen LogP contribution in [0.4, 0.5) is 5.69 Å². The van der Waals surface area contributed by atoms with Gasteiger partial charge in [-0.1, -0.05) is 0 Å². The van der Waals surface area contributed by atoms with Crippen LogP contribution < -0.4 is 25.1 Å². The van der Waals surface area contributed by atoms with Gasteiger partial charge in [-0.3, -0.25) is 4.79 Å². The Bertz CT molecular complexity index is 1210. The highest BCUT2D eigenvalue weighted by atomic mass is 32.1. The van der Waals surface area contributed by atoms with Crippen LogP contribution >= 0.6 is 12.2 Å². The van der Waals surface area contributed by atoms with Gasteiger partial charge in [0.1, 0.15) is 5.75 Å². The monoisotopic (exact) mass is 483 g/mol. The van der Waals surface area contributed by atoms with E-state index >= 15 is 0 Å². The SMILES string of the molecule is COc1ccc(NC(=S)N(Cc2cc3cc(OC)c(OC)cc3[nH]c2=O)C[C@H]2CCCO2)cc1. The highest BCUT2D eigenvalue weighted by molar-refractivity contribution is 7.80. The summed E-state index contributed by atoms with van der Waals surface area (Å²) in [5.74, 6) is 1.92. The minimum atomic E-state index is -0.177. The Kier molecular flexibility index (Phi) is 7.54. The molecule has 0 amide bonds. The third kappa shape index (κ3) is 5.43. The third-order valence-electron chi connectivity index (χ3n) is 5.86. The van der Waals surface area contributed by atoms with Crippen molar-refractivity contribution in [3.63, 3.8) is 0 Å². The topological polar surface area (TPSA) is 85.1 Å². The standard InChI is InChI=1S/C25H29N3O5S/c1-30-19-8-6-18(7-9-19)26-25(34)28(15-20-5-4-10-33-20)14-17-11-16-12-22(31-2)23(32-3)13-21(16)27-24(17)29/h6-9,11-13,20H,4-5,10,14-15H2,1-3H3,(H,26,34)(H,27,29)/t20-/m1/s1. The van der Waals surface area contributed by atoms with E-state index in [1.54, 1.807) is 27.4 Å². The number of rotatable bonds is 8. The van der Waals surface area contributed by atoms with Crippen LogP contribution in [-0.2, 0) is 11.3 Å². The Morgan fingerprint density at radius 3 is 2.50 bits per heavy atom. The van der Waals surface area contributed by atoms with Gasteiger partial charge >= 0.3 is 0 Å². The first-order valence-electron chi connectivity index (χ1n) is 11.1. The van der Waals surface area contributed by atoms with Crippen LogP contribution in [0.2, 0.25) is 0 Å². The van der Waals surface area contributed by atoms with E-state index < -0.39 is 0 Å². The number of aromatic nitrogens is 1. The van der Waals surface area contributed by atoms with Gasteiger partial charge in [0.05, 0.1) is 39.5 Å². The Morgan fingerprint density at radius 1 is 1.12 bits per heavy atom. The van der Waals surface area contributed by atoms with E-state index in [0.29, 0.717) is 40.8 Å². The molecule has 8 nitrogen and oxygen atoms in total. The summed E-state index contributed by atoms with van der Waals surface area (Å²) in [6.45, 7) is 1.67. The quantitative estimate of drug-likeness (QED) is 0.466. The predicted molar refractivity (Wildman–Crippen MR) is 136 cm³/mol. The van der Waals surface area contributed by atoms with Crippen molar-refractivity contribution in [2.75, 3.05) is 39.8 Å². The largest absolute Gasteiger partial charge is 0.497 e. The fourth-order valence-electron chi connectivity index (χ4n) is 4.03. The zero-order chi connectivity index (χ0) is 24.1. The van der Waals surface area contributed by atoms with Gasteiger partial charge in [0, 0.05) is 35.9 Å². The van der Waals surface area contributed by atoms with Crippen LogP contribution in [0.1, 0.15) is 18.4 Å². The summed E-state index contributed by atoms with van der Waals surface area (Å²) in [6, 6.07) is 13.0. The molecule has 34 heavy (non-hydrogen) atoms. The van der Waals surface area contributed by atoms with E-state index in [2.05, 4.69) is 10.3 Å². The number of H-pyrrole nitrogens is 1. The van der Waals surface area contributed by atoms with Crippen LogP contribution in [0.5, 0.6) is 17.2 Å². The van der Waals surface area contributed by atoms with E-state index in [1.165, 1.54) is 0 Å². The Balaban J connectivity index is 1.61. The van der Waals surface area contributed by atoms with Gasteiger partial charge in [-0.2, -0.15) is 0 Å². The van der Waals surface area contributed by atoms with Gasteiger partial charge in [0.2, 0.25) is 0 Å². The number of thiocarbonyl (C=S) groups is 1. The lowest BCUT2D eigenvalue weighted by Crippen LogP contribution is -2.40. The molecule has 0 aliphatic carbocycles. The first-order chi connectivity index (χ1) is 16.5. The van der Waals surface area contributed by atoms with Gasteiger partial charge in [-0.05, 0) is 61.5 Å². The van der Waals surface area contributed by atoms with Crippen molar-refractivity contribution in [2.24, 2.45) is 0 Å². The molecule has 1 aliphatic heterocycles. The lowest BCUT2D eigenvalue weighted by Gasteiger charge is -2.28. The molecule has 3 aromatic rings. The van der Waals surface area contributed by atoms with Crippen LogP contribution in [0.15, 0.2) is 47.3 Å². The summed E-state index contributed by atoms with van der Waals surface area (Å²) in [7, 11) is 4.78. The van der Waals surface area contributed by atoms with Crippen molar-refractivity contribution in [1.82, 2.24) is 9.88 Å². The molecule has 2 heterocycles. The highest BCUT2D eigenvalue weighted by Crippen LogP contribution is 2.31. The van der Waals surface area contributed by atoms with E-state index in [-0.39, 0.29) is 11.7 Å². The van der Waals surface area contributed by atoms with Crippen LogP contribution in [-0.4, -0.2) is 55.6 Å². The molecule has 4 rings (SSSR count). The summed E-state index contributed by atoms with van der Waals surface area (Å²) < 4.78 is 21.8. The molecule has 9 heteroatoms. The van der Waals surface area contributed by atoms with Crippen LogP contribution in [0.3, 0.4) is 0 Å². The van der Waals surface area contributed by atoms with Gasteiger partial charge in [-0.15, -0.1) is 0 Å². The number of aromatic amines is 1.